The molecule has 28 heavy (non-hydrogen) atoms. The maximum absolute atomic E-state index is 13.0. The highest BCUT2D eigenvalue weighted by atomic mass is 16.2. The molecular formula is C24H32N2O2. The summed E-state index contributed by atoms with van der Waals surface area (Å²) in [6.07, 6.45) is 3.81. The minimum Gasteiger partial charge on any atom is -0.354 e. The molecule has 0 saturated heterocycles. The van der Waals surface area contributed by atoms with Crippen molar-refractivity contribution < 1.29 is 9.59 Å². The summed E-state index contributed by atoms with van der Waals surface area (Å²) in [6, 6.07) is 19.6. The lowest BCUT2D eigenvalue weighted by atomic mass is 10.1. The van der Waals surface area contributed by atoms with Crippen LogP contribution >= 0.6 is 0 Å². The molecule has 0 radical (unpaired) electrons. The summed E-state index contributed by atoms with van der Waals surface area (Å²) < 4.78 is 0. The van der Waals surface area contributed by atoms with E-state index in [1.165, 1.54) is 5.56 Å². The Hall–Kier alpha value is -2.62. The van der Waals surface area contributed by atoms with Gasteiger partial charge in [0.15, 0.2) is 0 Å². The molecule has 4 nitrogen and oxygen atoms in total. The second kappa shape index (κ2) is 12.0. The minimum atomic E-state index is -0.469. The average molecular weight is 381 g/mol. The van der Waals surface area contributed by atoms with Gasteiger partial charge in [-0.2, -0.15) is 0 Å². The fourth-order valence-corrected chi connectivity index (χ4v) is 3.15. The maximum Gasteiger partial charge on any atom is 0.242 e. The molecule has 0 saturated carbocycles. The molecule has 0 fully saturated rings. The smallest absolute Gasteiger partial charge is 0.242 e. The molecule has 0 aliphatic carbocycles. The number of hydrogen-bond acceptors (Lipinski definition) is 2. The zero-order valence-electron chi connectivity index (χ0n) is 17.1. The zero-order chi connectivity index (χ0) is 20.2. The molecule has 2 rings (SSSR count). The highest BCUT2D eigenvalue weighted by molar-refractivity contribution is 5.87. The number of rotatable bonds is 11. The molecule has 1 atom stereocenters. The third-order valence-corrected chi connectivity index (χ3v) is 4.95. The Bertz CT molecular complexity index is 716. The molecule has 0 heterocycles. The summed E-state index contributed by atoms with van der Waals surface area (Å²) in [6.45, 7) is 5.12. The van der Waals surface area contributed by atoms with Gasteiger partial charge in [0.05, 0.1) is 0 Å². The van der Waals surface area contributed by atoms with E-state index in [0.29, 0.717) is 25.9 Å². The molecule has 1 N–H and O–H groups in total. The van der Waals surface area contributed by atoms with E-state index in [9.17, 15) is 9.59 Å². The Morgan fingerprint density at radius 1 is 0.929 bits per heavy atom. The van der Waals surface area contributed by atoms with Crippen LogP contribution in [0.15, 0.2) is 60.7 Å². The molecule has 2 aromatic rings. The van der Waals surface area contributed by atoms with Crippen LogP contribution in [0.4, 0.5) is 0 Å². The number of hydrogen-bond donors (Lipinski definition) is 1. The van der Waals surface area contributed by atoms with Gasteiger partial charge in [0, 0.05) is 19.5 Å². The molecule has 0 bridgehead atoms. The van der Waals surface area contributed by atoms with E-state index in [2.05, 4.69) is 24.4 Å². The Kier molecular flexibility index (Phi) is 9.26. The third-order valence-electron chi connectivity index (χ3n) is 4.95. The lowest BCUT2D eigenvalue weighted by Crippen LogP contribution is -2.49. The molecular weight excluding hydrogens is 348 g/mol. The summed E-state index contributed by atoms with van der Waals surface area (Å²) in [4.78, 5) is 27.2. The van der Waals surface area contributed by atoms with E-state index in [0.717, 1.165) is 24.8 Å². The van der Waals surface area contributed by atoms with E-state index in [1.807, 2.05) is 55.5 Å². The molecule has 2 amide bonds. The first-order valence-corrected chi connectivity index (χ1v) is 10.3. The number of carbonyl (C=O) groups excluding carboxylic acids is 2. The fraction of sp³-hybridized carbons (Fsp3) is 0.417. The average Bonchev–Trinajstić information content (AvgIpc) is 2.73. The number of unbranched alkanes of at least 4 members (excludes halogenated alkanes) is 1. The van der Waals surface area contributed by atoms with Crippen molar-refractivity contribution in [1.82, 2.24) is 10.2 Å². The first-order chi connectivity index (χ1) is 13.6. The molecule has 150 valence electrons. The van der Waals surface area contributed by atoms with Gasteiger partial charge >= 0.3 is 0 Å². The third kappa shape index (κ3) is 7.18. The van der Waals surface area contributed by atoms with Gasteiger partial charge in [-0.25, -0.2) is 0 Å². The highest BCUT2D eigenvalue weighted by Crippen LogP contribution is 2.10. The van der Waals surface area contributed by atoms with Gasteiger partial charge in [-0.15, -0.1) is 0 Å². The van der Waals surface area contributed by atoms with Gasteiger partial charge in [0.2, 0.25) is 11.8 Å². The molecule has 2 aromatic carbocycles. The van der Waals surface area contributed by atoms with E-state index in [-0.39, 0.29) is 11.8 Å². The SMILES string of the molecule is CCCCNC(=O)[C@@H](C)N(CCc1ccccc1)C(=O)CCc1ccccc1. The van der Waals surface area contributed by atoms with E-state index < -0.39 is 6.04 Å². The van der Waals surface area contributed by atoms with Gasteiger partial charge in [-0.05, 0) is 37.3 Å². The fourth-order valence-electron chi connectivity index (χ4n) is 3.15. The lowest BCUT2D eigenvalue weighted by Gasteiger charge is -2.29. The van der Waals surface area contributed by atoms with Crippen LogP contribution in [0.5, 0.6) is 0 Å². The molecule has 0 aliphatic rings. The van der Waals surface area contributed by atoms with E-state index in [4.69, 9.17) is 0 Å². The van der Waals surface area contributed by atoms with Gasteiger partial charge in [0.25, 0.3) is 0 Å². The first kappa shape index (κ1) is 21.7. The Morgan fingerprint density at radius 3 is 2.07 bits per heavy atom. The second-order valence-corrected chi connectivity index (χ2v) is 7.13. The van der Waals surface area contributed by atoms with Crippen LogP contribution in [0, 0.1) is 0 Å². The predicted molar refractivity (Wildman–Crippen MR) is 114 cm³/mol. The molecule has 0 aromatic heterocycles. The van der Waals surface area contributed by atoms with Crippen LogP contribution in [-0.4, -0.2) is 35.8 Å². The largest absolute Gasteiger partial charge is 0.354 e. The van der Waals surface area contributed by atoms with Gasteiger partial charge in [0.1, 0.15) is 6.04 Å². The number of carbonyl (C=O) groups is 2. The first-order valence-electron chi connectivity index (χ1n) is 10.3. The Balaban J connectivity index is 2.00. The Labute approximate surface area is 169 Å². The summed E-state index contributed by atoms with van der Waals surface area (Å²) in [5.74, 6) is -0.0486. The minimum absolute atomic E-state index is 0.0259. The maximum atomic E-state index is 13.0. The van der Waals surface area contributed by atoms with Crippen molar-refractivity contribution in [2.45, 2.75) is 52.0 Å². The van der Waals surface area contributed by atoms with Crippen molar-refractivity contribution in [2.24, 2.45) is 0 Å². The van der Waals surface area contributed by atoms with Gasteiger partial charge in [-0.3, -0.25) is 9.59 Å². The number of benzene rings is 2. The van der Waals surface area contributed by atoms with Crippen molar-refractivity contribution >= 4 is 11.8 Å². The Morgan fingerprint density at radius 2 is 1.50 bits per heavy atom. The number of nitrogens with zero attached hydrogens (tertiary/aromatic N) is 1. The summed E-state index contributed by atoms with van der Waals surface area (Å²) >= 11 is 0. The quantitative estimate of drug-likeness (QED) is 0.599. The van der Waals surface area contributed by atoms with Crippen molar-refractivity contribution in [3.8, 4) is 0 Å². The lowest BCUT2D eigenvalue weighted by molar-refractivity contribution is -0.139. The number of nitrogens with one attached hydrogen (secondary N) is 1. The van der Waals surface area contributed by atoms with Gasteiger partial charge in [-0.1, -0.05) is 74.0 Å². The van der Waals surface area contributed by atoms with Crippen LogP contribution in [0.3, 0.4) is 0 Å². The zero-order valence-corrected chi connectivity index (χ0v) is 17.1. The number of amides is 2. The molecule has 0 aliphatic heterocycles. The van der Waals surface area contributed by atoms with Gasteiger partial charge < -0.3 is 10.2 Å². The molecule has 0 spiro atoms. The number of aryl methyl sites for hydroxylation is 1. The standard InChI is InChI=1S/C24H32N2O2/c1-3-4-18-25-24(28)20(2)26(19-17-22-13-9-6-10-14-22)23(27)16-15-21-11-7-5-8-12-21/h5-14,20H,3-4,15-19H2,1-2H3,(H,25,28)/t20-/m1/s1. The second-order valence-electron chi connectivity index (χ2n) is 7.13. The van der Waals surface area contributed by atoms with Crippen LogP contribution in [0.25, 0.3) is 0 Å². The monoisotopic (exact) mass is 380 g/mol. The van der Waals surface area contributed by atoms with E-state index >= 15 is 0 Å². The summed E-state index contributed by atoms with van der Waals surface area (Å²) in [5.41, 5.74) is 2.31. The molecule has 0 unspecified atom stereocenters. The van der Waals surface area contributed by atoms with Crippen LogP contribution < -0.4 is 5.32 Å². The van der Waals surface area contributed by atoms with Crippen molar-refractivity contribution in [3.63, 3.8) is 0 Å². The summed E-state index contributed by atoms with van der Waals surface area (Å²) in [7, 11) is 0. The van der Waals surface area contributed by atoms with Crippen molar-refractivity contribution in [2.75, 3.05) is 13.1 Å². The van der Waals surface area contributed by atoms with Crippen LogP contribution in [-0.2, 0) is 22.4 Å². The topological polar surface area (TPSA) is 49.4 Å². The van der Waals surface area contributed by atoms with Crippen molar-refractivity contribution in [1.29, 1.82) is 0 Å². The van der Waals surface area contributed by atoms with E-state index in [1.54, 1.807) is 4.90 Å². The van der Waals surface area contributed by atoms with Crippen LogP contribution in [0.2, 0.25) is 0 Å². The normalized spacial score (nSPS) is 11.6. The summed E-state index contributed by atoms with van der Waals surface area (Å²) in [5, 5.41) is 2.96. The molecule has 4 heteroatoms. The van der Waals surface area contributed by atoms with Crippen LogP contribution in [0.1, 0.15) is 44.2 Å². The van der Waals surface area contributed by atoms with Crippen molar-refractivity contribution in [3.05, 3.63) is 71.8 Å². The predicted octanol–water partition coefficient (Wildman–Crippen LogP) is 4.00. The highest BCUT2D eigenvalue weighted by Gasteiger charge is 2.25.